The van der Waals surface area contributed by atoms with Crippen molar-refractivity contribution in [1.82, 2.24) is 4.90 Å². The van der Waals surface area contributed by atoms with Crippen LogP contribution >= 0.6 is 0 Å². The van der Waals surface area contributed by atoms with Gasteiger partial charge in [0.05, 0.1) is 12.6 Å². The van der Waals surface area contributed by atoms with Gasteiger partial charge in [-0.2, -0.15) is 0 Å². The summed E-state index contributed by atoms with van der Waals surface area (Å²) in [6.07, 6.45) is 3.89. The zero-order valence-electron chi connectivity index (χ0n) is 16.1. The number of β-amino-alcohol motifs (C(OH)–C–C–N with tert-alkyl or cyclic N) is 1. The molecule has 0 unspecified atom stereocenters. The minimum Gasteiger partial charge on any atom is -0.448 e. The number of carbonyl (C=O) groups is 1. The molecule has 3 aliphatic rings. The van der Waals surface area contributed by atoms with Crippen molar-refractivity contribution < 1.29 is 14.6 Å². The summed E-state index contributed by atoms with van der Waals surface area (Å²) in [5.41, 5.74) is 4.92. The number of aliphatic hydroxyl groups excluding tert-OH is 1. The summed E-state index contributed by atoms with van der Waals surface area (Å²) in [4.78, 5) is 14.5. The number of piperidine rings is 1. The molecule has 2 aliphatic carbocycles. The number of aliphatic hydroxyl groups is 1. The van der Waals surface area contributed by atoms with E-state index >= 15 is 0 Å². The van der Waals surface area contributed by atoms with Crippen LogP contribution in [0, 0.1) is 11.8 Å². The number of rotatable bonds is 2. The highest BCUT2D eigenvalue weighted by Crippen LogP contribution is 2.44. The minimum atomic E-state index is -0.417. The van der Waals surface area contributed by atoms with Crippen LogP contribution in [0.15, 0.2) is 48.5 Å². The van der Waals surface area contributed by atoms with Crippen LogP contribution in [-0.4, -0.2) is 41.9 Å². The highest BCUT2D eigenvalue weighted by molar-refractivity contribution is 5.79. The fourth-order valence-corrected chi connectivity index (χ4v) is 5.52. The number of fused-ring (bicyclic) bond motifs is 4. The van der Waals surface area contributed by atoms with Gasteiger partial charge in [-0.3, -0.25) is 0 Å². The van der Waals surface area contributed by atoms with Crippen LogP contribution in [0.3, 0.4) is 0 Å². The van der Waals surface area contributed by atoms with Crippen LogP contribution < -0.4 is 0 Å². The third-order valence-electron chi connectivity index (χ3n) is 6.92. The Labute approximate surface area is 166 Å². The second kappa shape index (κ2) is 7.25. The molecule has 1 saturated carbocycles. The first-order valence-electron chi connectivity index (χ1n) is 10.5. The van der Waals surface area contributed by atoms with Crippen LogP contribution in [0.1, 0.15) is 42.7 Å². The quantitative estimate of drug-likeness (QED) is 0.843. The fourth-order valence-electron chi connectivity index (χ4n) is 5.52. The molecule has 0 aromatic heterocycles. The number of hydrogen-bond acceptors (Lipinski definition) is 3. The molecule has 0 bridgehead atoms. The summed E-state index contributed by atoms with van der Waals surface area (Å²) in [5, 5.41) is 10.5. The Kier molecular flexibility index (Phi) is 4.59. The Morgan fingerprint density at radius 3 is 2.32 bits per heavy atom. The van der Waals surface area contributed by atoms with Crippen LogP contribution in [0.4, 0.5) is 4.79 Å². The van der Waals surface area contributed by atoms with Crippen molar-refractivity contribution in [3.8, 4) is 11.1 Å². The third-order valence-corrected chi connectivity index (χ3v) is 6.92. The number of nitrogens with zero attached hydrogens (tertiary/aromatic N) is 1. The molecule has 5 rings (SSSR count). The Bertz CT molecular complexity index is 834. The molecule has 28 heavy (non-hydrogen) atoms. The molecule has 1 N–H and O–H groups in total. The van der Waals surface area contributed by atoms with Gasteiger partial charge in [-0.05, 0) is 46.9 Å². The first kappa shape index (κ1) is 17.7. The standard InChI is InChI=1S/C24H27NO3/c26-23-14-25(13-16-7-1-2-8-17(16)23)24(27)28-15-22-20-11-5-3-9-18(20)19-10-4-6-12-21(19)22/h3-6,9-12,16-17,22-23,26H,1-2,7-8,13-15H2/t16-,17-,23+/m0/s1. The largest absolute Gasteiger partial charge is 0.448 e. The zero-order chi connectivity index (χ0) is 19.1. The average molecular weight is 377 g/mol. The van der Waals surface area contributed by atoms with Crippen LogP contribution in [0.25, 0.3) is 11.1 Å². The van der Waals surface area contributed by atoms with Crippen LogP contribution in [-0.2, 0) is 4.74 Å². The number of likely N-dealkylation sites (tertiary alicyclic amines) is 1. The monoisotopic (exact) mass is 377 g/mol. The molecule has 2 aromatic carbocycles. The van der Waals surface area contributed by atoms with E-state index in [2.05, 4.69) is 36.4 Å². The Hall–Kier alpha value is -2.33. The lowest BCUT2D eigenvalue weighted by Gasteiger charge is -2.43. The lowest BCUT2D eigenvalue weighted by molar-refractivity contribution is -0.0312. The molecule has 1 saturated heterocycles. The van der Waals surface area contributed by atoms with Gasteiger partial charge < -0.3 is 14.7 Å². The van der Waals surface area contributed by atoms with Crippen LogP contribution in [0.2, 0.25) is 0 Å². The van der Waals surface area contributed by atoms with Crippen molar-refractivity contribution in [3.05, 3.63) is 59.7 Å². The molecule has 1 heterocycles. The van der Waals surface area contributed by atoms with E-state index in [0.29, 0.717) is 25.0 Å². The van der Waals surface area contributed by atoms with E-state index in [0.717, 1.165) is 19.4 Å². The van der Waals surface area contributed by atoms with Crippen molar-refractivity contribution in [1.29, 1.82) is 0 Å². The molecule has 1 aliphatic heterocycles. The Balaban J connectivity index is 1.29. The molecule has 1 amide bonds. The van der Waals surface area contributed by atoms with Gasteiger partial charge in [-0.25, -0.2) is 4.79 Å². The van der Waals surface area contributed by atoms with Crippen molar-refractivity contribution >= 4 is 6.09 Å². The summed E-state index contributed by atoms with van der Waals surface area (Å²) in [7, 11) is 0. The highest BCUT2D eigenvalue weighted by atomic mass is 16.6. The molecule has 2 aromatic rings. The van der Waals surface area contributed by atoms with Crippen LogP contribution in [0.5, 0.6) is 0 Å². The van der Waals surface area contributed by atoms with E-state index in [1.54, 1.807) is 4.90 Å². The van der Waals surface area contributed by atoms with Gasteiger partial charge in [0, 0.05) is 12.5 Å². The molecule has 0 radical (unpaired) electrons. The SMILES string of the molecule is O=C(OCC1c2ccccc2-c2ccccc21)N1C[C@@H]2CCCC[C@@H]2[C@H](O)C1. The predicted molar refractivity (Wildman–Crippen MR) is 108 cm³/mol. The number of amides is 1. The maximum absolute atomic E-state index is 12.8. The number of benzene rings is 2. The molecular formula is C24H27NO3. The van der Waals surface area contributed by atoms with E-state index in [4.69, 9.17) is 4.74 Å². The van der Waals surface area contributed by atoms with Gasteiger partial charge in [0.1, 0.15) is 6.61 Å². The molecular weight excluding hydrogens is 350 g/mol. The van der Waals surface area contributed by atoms with E-state index < -0.39 is 6.10 Å². The van der Waals surface area contributed by atoms with Gasteiger partial charge in [-0.1, -0.05) is 61.4 Å². The van der Waals surface area contributed by atoms with Gasteiger partial charge >= 0.3 is 6.09 Å². The predicted octanol–water partition coefficient (Wildman–Crippen LogP) is 4.42. The first-order chi connectivity index (χ1) is 13.7. The van der Waals surface area contributed by atoms with E-state index in [1.165, 1.54) is 35.1 Å². The van der Waals surface area contributed by atoms with Gasteiger partial charge in [0.15, 0.2) is 0 Å². The topological polar surface area (TPSA) is 49.8 Å². The minimum absolute atomic E-state index is 0.0773. The molecule has 146 valence electrons. The smallest absolute Gasteiger partial charge is 0.409 e. The number of hydrogen-bond donors (Lipinski definition) is 1. The van der Waals surface area contributed by atoms with Gasteiger partial charge in [0.25, 0.3) is 0 Å². The molecule has 2 fully saturated rings. The molecule has 4 heteroatoms. The first-order valence-corrected chi connectivity index (χ1v) is 10.5. The summed E-state index contributed by atoms with van der Waals surface area (Å²) < 4.78 is 5.78. The van der Waals surface area contributed by atoms with Crippen molar-refractivity contribution in [2.45, 2.75) is 37.7 Å². The average Bonchev–Trinajstić information content (AvgIpc) is 3.06. The summed E-state index contributed by atoms with van der Waals surface area (Å²) in [6, 6.07) is 16.7. The molecule has 0 spiro atoms. The summed E-state index contributed by atoms with van der Waals surface area (Å²) >= 11 is 0. The van der Waals surface area contributed by atoms with Crippen molar-refractivity contribution in [3.63, 3.8) is 0 Å². The number of ether oxygens (including phenoxy) is 1. The second-order valence-corrected chi connectivity index (χ2v) is 8.48. The van der Waals surface area contributed by atoms with Gasteiger partial charge in [-0.15, -0.1) is 0 Å². The van der Waals surface area contributed by atoms with E-state index in [9.17, 15) is 9.90 Å². The molecule has 3 atom stereocenters. The fraction of sp³-hybridized carbons (Fsp3) is 0.458. The lowest BCUT2D eigenvalue weighted by Crippen LogP contribution is -2.52. The number of carbonyl (C=O) groups excluding carboxylic acids is 1. The van der Waals surface area contributed by atoms with Crippen molar-refractivity contribution in [2.24, 2.45) is 11.8 Å². The third kappa shape index (κ3) is 3.00. The zero-order valence-corrected chi connectivity index (χ0v) is 16.1. The van der Waals surface area contributed by atoms with E-state index in [1.807, 2.05) is 12.1 Å². The highest BCUT2D eigenvalue weighted by Gasteiger charge is 2.39. The molecule has 4 nitrogen and oxygen atoms in total. The summed E-state index contributed by atoms with van der Waals surface area (Å²) in [6.45, 7) is 1.46. The second-order valence-electron chi connectivity index (χ2n) is 8.48. The van der Waals surface area contributed by atoms with Gasteiger partial charge in [0.2, 0.25) is 0 Å². The summed E-state index contributed by atoms with van der Waals surface area (Å²) in [5.74, 6) is 0.845. The normalized spacial score (nSPS) is 26.3. The van der Waals surface area contributed by atoms with Crippen molar-refractivity contribution in [2.75, 3.05) is 19.7 Å². The maximum atomic E-state index is 12.8. The van der Waals surface area contributed by atoms with E-state index in [-0.39, 0.29) is 12.0 Å². The maximum Gasteiger partial charge on any atom is 0.409 e. The lowest BCUT2D eigenvalue weighted by atomic mass is 9.74. The Morgan fingerprint density at radius 2 is 1.61 bits per heavy atom. The Morgan fingerprint density at radius 1 is 0.964 bits per heavy atom.